The smallest absolute Gasteiger partial charge is 0.130 e. The standard InChI is InChI=1S/C18H21NO/c20-18(15-9-3-1-4-10-15,16-11-5-2-6-12-16)17-13-7-8-14-19-17/h1-6,9-12,17,19-20H,7-8,13-14H2/t17-/m0/s1. The van der Waals surface area contributed by atoms with Crippen molar-refractivity contribution >= 4 is 0 Å². The summed E-state index contributed by atoms with van der Waals surface area (Å²) in [5, 5.41) is 15.0. The molecule has 1 heterocycles. The van der Waals surface area contributed by atoms with Gasteiger partial charge in [0, 0.05) is 6.04 Å². The van der Waals surface area contributed by atoms with E-state index in [1.165, 1.54) is 12.8 Å². The molecule has 1 saturated heterocycles. The van der Waals surface area contributed by atoms with Crippen LogP contribution in [0.2, 0.25) is 0 Å². The normalized spacial score (nSPS) is 19.8. The summed E-state index contributed by atoms with van der Waals surface area (Å²) in [7, 11) is 0. The third-order valence-electron chi connectivity index (χ3n) is 4.24. The number of aliphatic hydroxyl groups is 1. The molecule has 2 aromatic rings. The third kappa shape index (κ3) is 2.37. The van der Waals surface area contributed by atoms with Crippen LogP contribution >= 0.6 is 0 Å². The monoisotopic (exact) mass is 267 g/mol. The largest absolute Gasteiger partial charge is 0.379 e. The Hall–Kier alpha value is -1.64. The van der Waals surface area contributed by atoms with Gasteiger partial charge in [-0.1, -0.05) is 67.1 Å². The molecule has 0 bridgehead atoms. The highest BCUT2D eigenvalue weighted by atomic mass is 16.3. The van der Waals surface area contributed by atoms with Gasteiger partial charge in [0.2, 0.25) is 0 Å². The zero-order valence-corrected chi connectivity index (χ0v) is 11.6. The summed E-state index contributed by atoms with van der Waals surface area (Å²) in [5.41, 5.74) is 0.972. The lowest BCUT2D eigenvalue weighted by Crippen LogP contribution is -2.51. The first-order chi connectivity index (χ1) is 9.82. The van der Waals surface area contributed by atoms with E-state index in [9.17, 15) is 5.11 Å². The molecule has 0 aromatic heterocycles. The number of piperidine rings is 1. The van der Waals surface area contributed by atoms with Crippen LogP contribution in [-0.2, 0) is 5.60 Å². The SMILES string of the molecule is OC(c1ccccc1)(c1ccccc1)[C@@H]1CCCCN1. The lowest BCUT2D eigenvalue weighted by molar-refractivity contribution is 0.0268. The van der Waals surface area contributed by atoms with Gasteiger partial charge in [-0.25, -0.2) is 0 Å². The lowest BCUT2D eigenvalue weighted by Gasteiger charge is -2.40. The zero-order valence-electron chi connectivity index (χ0n) is 11.6. The molecule has 1 aliphatic heterocycles. The summed E-state index contributed by atoms with van der Waals surface area (Å²) in [6.07, 6.45) is 3.36. The summed E-state index contributed by atoms with van der Waals surface area (Å²) in [4.78, 5) is 0. The van der Waals surface area contributed by atoms with Gasteiger partial charge in [-0.3, -0.25) is 0 Å². The van der Waals surface area contributed by atoms with Gasteiger partial charge in [0.25, 0.3) is 0 Å². The topological polar surface area (TPSA) is 32.3 Å². The Morgan fingerprint density at radius 2 is 1.40 bits per heavy atom. The summed E-state index contributed by atoms with van der Waals surface area (Å²) < 4.78 is 0. The van der Waals surface area contributed by atoms with Crippen molar-refractivity contribution in [2.24, 2.45) is 0 Å². The van der Waals surface area contributed by atoms with Crippen LogP contribution < -0.4 is 5.32 Å². The van der Waals surface area contributed by atoms with E-state index in [2.05, 4.69) is 5.32 Å². The molecule has 3 rings (SSSR count). The molecule has 2 N–H and O–H groups in total. The number of hydrogen-bond acceptors (Lipinski definition) is 2. The Morgan fingerprint density at radius 1 is 0.850 bits per heavy atom. The van der Waals surface area contributed by atoms with Crippen LogP contribution in [-0.4, -0.2) is 17.7 Å². The Kier molecular flexibility index (Phi) is 3.86. The second-order valence-corrected chi connectivity index (χ2v) is 5.50. The van der Waals surface area contributed by atoms with Crippen LogP contribution in [0.15, 0.2) is 60.7 Å². The molecule has 1 aliphatic rings. The van der Waals surface area contributed by atoms with Gasteiger partial charge in [-0.15, -0.1) is 0 Å². The molecular weight excluding hydrogens is 246 g/mol. The molecule has 0 amide bonds. The highest BCUT2D eigenvalue weighted by molar-refractivity contribution is 5.38. The Bertz CT molecular complexity index is 492. The van der Waals surface area contributed by atoms with Gasteiger partial charge in [-0.2, -0.15) is 0 Å². The molecule has 2 nitrogen and oxygen atoms in total. The maximum absolute atomic E-state index is 11.5. The number of rotatable bonds is 3. The fourth-order valence-corrected chi connectivity index (χ4v) is 3.16. The average Bonchev–Trinajstić information content (AvgIpc) is 2.56. The highest BCUT2D eigenvalue weighted by Gasteiger charge is 2.40. The number of nitrogens with one attached hydrogen (secondary N) is 1. The van der Waals surface area contributed by atoms with E-state index >= 15 is 0 Å². The molecule has 0 aliphatic carbocycles. The molecule has 20 heavy (non-hydrogen) atoms. The van der Waals surface area contributed by atoms with Crippen LogP contribution in [0.1, 0.15) is 30.4 Å². The van der Waals surface area contributed by atoms with Gasteiger partial charge < -0.3 is 10.4 Å². The van der Waals surface area contributed by atoms with E-state index < -0.39 is 5.60 Å². The predicted molar refractivity (Wildman–Crippen MR) is 81.5 cm³/mol. The van der Waals surface area contributed by atoms with E-state index in [0.29, 0.717) is 0 Å². The molecule has 0 saturated carbocycles. The third-order valence-corrected chi connectivity index (χ3v) is 4.24. The van der Waals surface area contributed by atoms with Gasteiger partial charge >= 0.3 is 0 Å². The quantitative estimate of drug-likeness (QED) is 0.896. The second kappa shape index (κ2) is 5.78. The Balaban J connectivity index is 2.07. The molecule has 0 radical (unpaired) electrons. The average molecular weight is 267 g/mol. The van der Waals surface area contributed by atoms with Gasteiger partial charge in [0.05, 0.1) is 0 Å². The molecule has 2 aromatic carbocycles. The molecule has 2 heteroatoms. The Morgan fingerprint density at radius 3 is 1.85 bits per heavy atom. The van der Waals surface area contributed by atoms with Crippen LogP contribution in [0, 0.1) is 0 Å². The van der Waals surface area contributed by atoms with Crippen LogP contribution in [0.5, 0.6) is 0 Å². The van der Waals surface area contributed by atoms with Crippen molar-refractivity contribution in [3.05, 3.63) is 71.8 Å². The van der Waals surface area contributed by atoms with Crippen molar-refractivity contribution in [1.29, 1.82) is 0 Å². The first-order valence-electron chi connectivity index (χ1n) is 7.38. The van der Waals surface area contributed by atoms with E-state index in [0.717, 1.165) is 24.1 Å². The van der Waals surface area contributed by atoms with E-state index in [1.54, 1.807) is 0 Å². The summed E-state index contributed by atoms with van der Waals surface area (Å²) >= 11 is 0. The highest BCUT2D eigenvalue weighted by Crippen LogP contribution is 2.36. The fraction of sp³-hybridized carbons (Fsp3) is 0.333. The van der Waals surface area contributed by atoms with Gasteiger partial charge in [-0.05, 0) is 30.5 Å². The van der Waals surface area contributed by atoms with Gasteiger partial charge in [0.15, 0.2) is 0 Å². The predicted octanol–water partition coefficient (Wildman–Crippen LogP) is 3.06. The molecule has 1 fully saturated rings. The van der Waals surface area contributed by atoms with E-state index in [1.807, 2.05) is 60.7 Å². The maximum Gasteiger partial charge on any atom is 0.130 e. The van der Waals surface area contributed by atoms with Crippen molar-refractivity contribution in [3.63, 3.8) is 0 Å². The van der Waals surface area contributed by atoms with Crippen molar-refractivity contribution in [3.8, 4) is 0 Å². The van der Waals surface area contributed by atoms with Crippen LogP contribution in [0.4, 0.5) is 0 Å². The lowest BCUT2D eigenvalue weighted by atomic mass is 9.77. The number of hydrogen-bond donors (Lipinski definition) is 2. The summed E-state index contributed by atoms with van der Waals surface area (Å²) in [5.74, 6) is 0. The minimum Gasteiger partial charge on any atom is -0.379 e. The first-order valence-corrected chi connectivity index (χ1v) is 7.38. The van der Waals surface area contributed by atoms with E-state index in [4.69, 9.17) is 0 Å². The second-order valence-electron chi connectivity index (χ2n) is 5.50. The molecule has 1 atom stereocenters. The summed E-state index contributed by atoms with van der Waals surface area (Å²) in [6.45, 7) is 0.979. The first kappa shape index (κ1) is 13.3. The Labute approximate surface area is 120 Å². The number of benzene rings is 2. The van der Waals surface area contributed by atoms with E-state index in [-0.39, 0.29) is 6.04 Å². The van der Waals surface area contributed by atoms with Crippen molar-refractivity contribution < 1.29 is 5.11 Å². The van der Waals surface area contributed by atoms with Crippen LogP contribution in [0.25, 0.3) is 0 Å². The van der Waals surface area contributed by atoms with Crippen LogP contribution in [0.3, 0.4) is 0 Å². The van der Waals surface area contributed by atoms with Gasteiger partial charge in [0.1, 0.15) is 5.60 Å². The fourth-order valence-electron chi connectivity index (χ4n) is 3.16. The summed E-state index contributed by atoms with van der Waals surface area (Å²) in [6, 6.07) is 20.1. The molecular formula is C18H21NO. The molecule has 104 valence electrons. The minimum absolute atomic E-state index is 0.0704. The minimum atomic E-state index is -0.955. The van der Waals surface area contributed by atoms with Crippen molar-refractivity contribution in [2.75, 3.05) is 6.54 Å². The zero-order chi connectivity index (χ0) is 13.8. The molecule has 0 unspecified atom stereocenters. The molecule has 0 spiro atoms. The van der Waals surface area contributed by atoms with Crippen molar-refractivity contribution in [1.82, 2.24) is 5.32 Å². The maximum atomic E-state index is 11.5. The van der Waals surface area contributed by atoms with Crippen molar-refractivity contribution in [2.45, 2.75) is 30.9 Å².